The lowest BCUT2D eigenvalue weighted by Crippen LogP contribution is -2.44. The Morgan fingerprint density at radius 1 is 1.35 bits per heavy atom. The van der Waals surface area contributed by atoms with Crippen LogP contribution in [0.15, 0.2) is 4.52 Å². The molecule has 7 heteroatoms. The Hall–Kier alpha value is -1.08. The van der Waals surface area contributed by atoms with Gasteiger partial charge in [-0.3, -0.25) is 4.79 Å². The molecule has 0 aromatic carbocycles. The molecule has 23 heavy (non-hydrogen) atoms. The minimum Gasteiger partial charge on any atom is -0.342 e. The van der Waals surface area contributed by atoms with Gasteiger partial charge in [-0.25, -0.2) is 0 Å². The smallest absolute Gasteiger partial charge is 0.236 e. The molecule has 2 saturated carbocycles. The summed E-state index contributed by atoms with van der Waals surface area (Å²) in [5.74, 6) is 2.39. The van der Waals surface area contributed by atoms with E-state index in [9.17, 15) is 4.79 Å². The van der Waals surface area contributed by atoms with Crippen molar-refractivity contribution < 1.29 is 9.32 Å². The van der Waals surface area contributed by atoms with Crippen molar-refractivity contribution in [2.45, 2.75) is 68.7 Å². The number of aromatic nitrogens is 2. The molecule has 2 aliphatic rings. The first kappa shape index (κ1) is 16.8. The van der Waals surface area contributed by atoms with Crippen LogP contribution in [0, 0.1) is 0 Å². The van der Waals surface area contributed by atoms with E-state index in [1.54, 1.807) is 0 Å². The molecule has 1 aromatic rings. The monoisotopic (exact) mass is 338 g/mol. The van der Waals surface area contributed by atoms with Crippen LogP contribution in [0.5, 0.6) is 0 Å². The van der Waals surface area contributed by atoms with Gasteiger partial charge < -0.3 is 15.2 Å². The lowest BCUT2D eigenvalue weighted by Gasteiger charge is -2.34. The highest BCUT2D eigenvalue weighted by Crippen LogP contribution is 2.37. The molecular formula is C16H26N4O2S. The van der Waals surface area contributed by atoms with Gasteiger partial charge in [-0.1, -0.05) is 24.4 Å². The Morgan fingerprint density at radius 2 is 2.09 bits per heavy atom. The fraction of sp³-hybridized carbons (Fsp3) is 0.812. The first-order valence-electron chi connectivity index (χ1n) is 8.54. The zero-order valence-electron chi connectivity index (χ0n) is 13.8. The number of hydrogen-bond acceptors (Lipinski definition) is 6. The second kappa shape index (κ2) is 7.21. The van der Waals surface area contributed by atoms with E-state index in [-0.39, 0.29) is 11.4 Å². The molecule has 1 heterocycles. The van der Waals surface area contributed by atoms with E-state index in [0.29, 0.717) is 29.3 Å². The van der Waals surface area contributed by atoms with Gasteiger partial charge in [0.15, 0.2) is 5.82 Å². The van der Waals surface area contributed by atoms with Crippen LogP contribution in [0.4, 0.5) is 0 Å². The third kappa shape index (κ3) is 3.88. The predicted octanol–water partition coefficient (Wildman–Crippen LogP) is 2.43. The number of hydrogen-bond donors (Lipinski definition) is 1. The number of carbonyl (C=O) groups is 1. The number of nitrogens with zero attached hydrogens (tertiary/aromatic N) is 3. The van der Waals surface area contributed by atoms with Gasteiger partial charge in [-0.05, 0) is 32.1 Å². The summed E-state index contributed by atoms with van der Waals surface area (Å²) in [7, 11) is 1.93. The Balaban J connectivity index is 1.43. The molecule has 2 aliphatic carbocycles. The average molecular weight is 338 g/mol. The van der Waals surface area contributed by atoms with E-state index in [1.165, 1.54) is 31.0 Å². The average Bonchev–Trinajstić information content (AvgIpc) is 3.02. The molecule has 0 spiro atoms. The van der Waals surface area contributed by atoms with Crippen molar-refractivity contribution in [2.24, 2.45) is 5.73 Å². The van der Waals surface area contributed by atoms with Gasteiger partial charge >= 0.3 is 0 Å². The summed E-state index contributed by atoms with van der Waals surface area (Å²) in [5.41, 5.74) is 5.80. The van der Waals surface area contributed by atoms with Gasteiger partial charge in [0.25, 0.3) is 0 Å². The predicted molar refractivity (Wildman–Crippen MR) is 89.8 cm³/mol. The third-order valence-electron chi connectivity index (χ3n) is 5.13. The fourth-order valence-corrected chi connectivity index (χ4v) is 4.07. The van der Waals surface area contributed by atoms with Gasteiger partial charge in [0.2, 0.25) is 11.8 Å². The summed E-state index contributed by atoms with van der Waals surface area (Å²) in [4.78, 5) is 18.6. The van der Waals surface area contributed by atoms with Crippen LogP contribution in [-0.2, 0) is 16.1 Å². The van der Waals surface area contributed by atoms with E-state index in [4.69, 9.17) is 10.3 Å². The van der Waals surface area contributed by atoms with Gasteiger partial charge in [-0.2, -0.15) is 4.98 Å². The Morgan fingerprint density at radius 3 is 2.74 bits per heavy atom. The maximum absolute atomic E-state index is 12.3. The van der Waals surface area contributed by atoms with Crippen molar-refractivity contribution in [2.75, 3.05) is 12.8 Å². The van der Waals surface area contributed by atoms with Crippen molar-refractivity contribution in [1.29, 1.82) is 0 Å². The molecule has 0 aliphatic heterocycles. The molecule has 0 bridgehead atoms. The van der Waals surface area contributed by atoms with Crippen molar-refractivity contribution in [3.8, 4) is 0 Å². The van der Waals surface area contributed by atoms with Gasteiger partial charge in [0.1, 0.15) is 0 Å². The highest BCUT2D eigenvalue weighted by Gasteiger charge is 2.38. The normalized spacial score (nSPS) is 21.0. The van der Waals surface area contributed by atoms with Crippen molar-refractivity contribution >= 4 is 17.7 Å². The quantitative estimate of drug-likeness (QED) is 0.857. The summed E-state index contributed by atoms with van der Waals surface area (Å²) in [6.45, 7) is 0. The Kier molecular flexibility index (Phi) is 5.26. The maximum atomic E-state index is 12.3. The summed E-state index contributed by atoms with van der Waals surface area (Å²) in [5, 5.41) is 4.00. The molecular weight excluding hydrogens is 312 g/mol. The van der Waals surface area contributed by atoms with Crippen LogP contribution in [0.2, 0.25) is 0 Å². The molecule has 2 fully saturated rings. The van der Waals surface area contributed by atoms with Gasteiger partial charge in [-0.15, -0.1) is 11.8 Å². The van der Waals surface area contributed by atoms with E-state index in [0.717, 1.165) is 32.1 Å². The molecule has 0 saturated heterocycles. The van der Waals surface area contributed by atoms with Crippen LogP contribution in [0.1, 0.15) is 63.1 Å². The summed E-state index contributed by atoms with van der Waals surface area (Å²) >= 11 is 1.53. The molecule has 0 radical (unpaired) electrons. The van der Waals surface area contributed by atoms with E-state index < -0.39 is 0 Å². The molecule has 1 amide bonds. The summed E-state index contributed by atoms with van der Waals surface area (Å²) < 4.78 is 5.26. The largest absolute Gasteiger partial charge is 0.342 e. The van der Waals surface area contributed by atoms with Crippen molar-refractivity contribution in [3.63, 3.8) is 0 Å². The standard InChI is InChI=1S/C16H26N4O2S/c1-20(12-6-3-2-4-7-12)14(21)11-23-10-13-18-15(19-22-13)16(17)8-5-9-16/h12H,2-11,17H2,1H3. The zero-order valence-corrected chi connectivity index (χ0v) is 14.6. The SMILES string of the molecule is CN(C(=O)CSCc1nc(C2(N)CCC2)no1)C1CCCCC1. The van der Waals surface area contributed by atoms with E-state index >= 15 is 0 Å². The molecule has 2 N–H and O–H groups in total. The van der Waals surface area contributed by atoms with Gasteiger partial charge in [0.05, 0.1) is 17.0 Å². The van der Waals surface area contributed by atoms with E-state index in [1.807, 2.05) is 11.9 Å². The highest BCUT2D eigenvalue weighted by atomic mass is 32.2. The first-order chi connectivity index (χ1) is 11.1. The zero-order chi connectivity index (χ0) is 16.3. The number of rotatable bonds is 6. The molecule has 3 rings (SSSR count). The molecule has 0 unspecified atom stereocenters. The summed E-state index contributed by atoms with van der Waals surface area (Å²) in [6.07, 6.45) is 9.01. The summed E-state index contributed by atoms with van der Waals surface area (Å²) in [6, 6.07) is 0.419. The topological polar surface area (TPSA) is 85.2 Å². The minimum absolute atomic E-state index is 0.191. The number of nitrogens with two attached hydrogens (primary N) is 1. The Bertz CT molecular complexity index is 538. The second-order valence-corrected chi connectivity index (χ2v) is 7.80. The number of thioether (sulfide) groups is 1. The van der Waals surface area contributed by atoms with Crippen molar-refractivity contribution in [1.82, 2.24) is 15.0 Å². The fourth-order valence-electron chi connectivity index (χ4n) is 3.30. The molecule has 128 valence electrons. The van der Waals surface area contributed by atoms with Gasteiger partial charge in [0, 0.05) is 13.1 Å². The highest BCUT2D eigenvalue weighted by molar-refractivity contribution is 7.99. The number of amides is 1. The van der Waals surface area contributed by atoms with Crippen LogP contribution in [-0.4, -0.2) is 39.8 Å². The van der Waals surface area contributed by atoms with Crippen LogP contribution in [0.25, 0.3) is 0 Å². The maximum Gasteiger partial charge on any atom is 0.236 e. The van der Waals surface area contributed by atoms with Crippen LogP contribution in [0.3, 0.4) is 0 Å². The number of carbonyl (C=O) groups excluding carboxylic acids is 1. The lowest BCUT2D eigenvalue weighted by atomic mass is 9.77. The van der Waals surface area contributed by atoms with Crippen LogP contribution < -0.4 is 5.73 Å². The lowest BCUT2D eigenvalue weighted by molar-refractivity contribution is -0.129. The Labute approximate surface area is 141 Å². The molecule has 6 nitrogen and oxygen atoms in total. The second-order valence-electron chi connectivity index (χ2n) is 6.81. The third-order valence-corrected chi connectivity index (χ3v) is 6.03. The van der Waals surface area contributed by atoms with Crippen molar-refractivity contribution in [3.05, 3.63) is 11.7 Å². The van der Waals surface area contributed by atoms with Crippen LogP contribution >= 0.6 is 11.8 Å². The molecule has 0 atom stereocenters. The molecule has 1 aromatic heterocycles. The minimum atomic E-state index is -0.385. The first-order valence-corrected chi connectivity index (χ1v) is 9.69. The van der Waals surface area contributed by atoms with E-state index in [2.05, 4.69) is 10.1 Å².